The van der Waals surface area contributed by atoms with E-state index in [0.717, 1.165) is 29.6 Å². The van der Waals surface area contributed by atoms with Crippen molar-refractivity contribution in [2.45, 2.75) is 38.8 Å². The fraction of sp³-hybridized carbons (Fsp3) is 0.471. The number of aromatic nitrogens is 1. The minimum Gasteiger partial charge on any atom is -0.403 e. The number of fused-ring (bicyclic) bond motifs is 1. The molecule has 1 saturated heterocycles. The number of thiocarbonyl (C=S) groups is 1. The van der Waals surface area contributed by atoms with Gasteiger partial charge in [-0.05, 0) is 57.6 Å². The summed E-state index contributed by atoms with van der Waals surface area (Å²) < 4.78 is 6.83. The molecule has 1 aromatic carbocycles. The zero-order chi connectivity index (χ0) is 17.1. The van der Waals surface area contributed by atoms with Crippen molar-refractivity contribution >= 4 is 44.7 Å². The standard InChI is InChI=1S/C17H21N3O2S2/c1-11(2)20(10-14(21)12-7-5-9-18-12)17(23)22-16-19-13-6-3-4-8-15(13)24-16/h3-4,6,8,11-12,18H,5,7,9-10H2,1-2H3/t12-/m1/s1. The van der Waals surface area contributed by atoms with Crippen LogP contribution < -0.4 is 10.1 Å². The molecule has 24 heavy (non-hydrogen) atoms. The molecule has 3 rings (SSSR count). The molecule has 1 atom stereocenters. The maximum Gasteiger partial charge on any atom is 0.281 e. The Morgan fingerprint density at radius 1 is 1.50 bits per heavy atom. The Hall–Kier alpha value is -1.57. The number of para-hydroxylation sites is 1. The van der Waals surface area contributed by atoms with Gasteiger partial charge in [0.1, 0.15) is 0 Å². The van der Waals surface area contributed by atoms with E-state index in [4.69, 9.17) is 17.0 Å². The summed E-state index contributed by atoms with van der Waals surface area (Å²) in [5.74, 6) is 0.163. The van der Waals surface area contributed by atoms with Crippen LogP contribution in [0.5, 0.6) is 5.19 Å². The summed E-state index contributed by atoms with van der Waals surface area (Å²) in [5.41, 5.74) is 0.891. The second-order valence-electron chi connectivity index (χ2n) is 6.15. The van der Waals surface area contributed by atoms with Crippen LogP contribution in [0.3, 0.4) is 0 Å². The Morgan fingerprint density at radius 3 is 2.96 bits per heavy atom. The molecule has 1 aromatic heterocycles. The number of ketones is 1. The van der Waals surface area contributed by atoms with E-state index in [1.54, 1.807) is 0 Å². The monoisotopic (exact) mass is 363 g/mol. The first kappa shape index (κ1) is 17.3. The number of benzene rings is 1. The highest BCUT2D eigenvalue weighted by molar-refractivity contribution is 7.80. The molecule has 0 amide bonds. The number of ether oxygens (including phenoxy) is 1. The minimum atomic E-state index is -0.0588. The van der Waals surface area contributed by atoms with Gasteiger partial charge in [-0.2, -0.15) is 0 Å². The van der Waals surface area contributed by atoms with Gasteiger partial charge in [-0.15, -0.1) is 0 Å². The third-order valence-corrected chi connectivity index (χ3v) is 5.31. The van der Waals surface area contributed by atoms with Crippen LogP contribution in [0.2, 0.25) is 0 Å². The molecule has 0 aliphatic carbocycles. The van der Waals surface area contributed by atoms with E-state index < -0.39 is 0 Å². The Labute approximate surface area is 151 Å². The number of hydrogen-bond acceptors (Lipinski definition) is 6. The van der Waals surface area contributed by atoms with Gasteiger partial charge >= 0.3 is 0 Å². The molecule has 1 aliphatic rings. The predicted octanol–water partition coefficient (Wildman–Crippen LogP) is 2.99. The Kier molecular flexibility index (Phi) is 5.43. The average Bonchev–Trinajstić information content (AvgIpc) is 3.20. The predicted molar refractivity (Wildman–Crippen MR) is 101 cm³/mol. The summed E-state index contributed by atoms with van der Waals surface area (Å²) in [6.07, 6.45) is 1.95. The third kappa shape index (κ3) is 3.91. The van der Waals surface area contributed by atoms with Crippen molar-refractivity contribution < 1.29 is 9.53 Å². The molecule has 1 fully saturated rings. The topological polar surface area (TPSA) is 54.5 Å². The Bertz CT molecular complexity index is 705. The molecule has 5 nitrogen and oxygen atoms in total. The van der Waals surface area contributed by atoms with E-state index in [-0.39, 0.29) is 24.4 Å². The van der Waals surface area contributed by atoms with Crippen LogP contribution in [-0.2, 0) is 4.79 Å². The molecular weight excluding hydrogens is 342 g/mol. The van der Waals surface area contributed by atoms with Crippen molar-refractivity contribution in [3.63, 3.8) is 0 Å². The summed E-state index contributed by atoms with van der Waals surface area (Å²) in [7, 11) is 0. The summed E-state index contributed by atoms with van der Waals surface area (Å²) in [5, 5.41) is 4.05. The Balaban J connectivity index is 1.68. The van der Waals surface area contributed by atoms with Crippen molar-refractivity contribution in [2.75, 3.05) is 13.1 Å². The third-order valence-electron chi connectivity index (χ3n) is 4.08. The highest BCUT2D eigenvalue weighted by atomic mass is 32.1. The van der Waals surface area contributed by atoms with E-state index >= 15 is 0 Å². The fourth-order valence-corrected chi connectivity index (χ4v) is 3.95. The summed E-state index contributed by atoms with van der Waals surface area (Å²) in [4.78, 5) is 18.7. The lowest BCUT2D eigenvalue weighted by molar-refractivity contribution is -0.121. The zero-order valence-corrected chi connectivity index (χ0v) is 15.5. The van der Waals surface area contributed by atoms with E-state index in [9.17, 15) is 4.79 Å². The van der Waals surface area contributed by atoms with Gasteiger partial charge < -0.3 is 15.0 Å². The molecule has 0 radical (unpaired) electrons. The van der Waals surface area contributed by atoms with Crippen molar-refractivity contribution in [3.8, 4) is 5.19 Å². The van der Waals surface area contributed by atoms with Gasteiger partial charge in [0.2, 0.25) is 0 Å². The molecule has 0 unspecified atom stereocenters. The van der Waals surface area contributed by atoms with E-state index in [2.05, 4.69) is 10.3 Å². The molecule has 128 valence electrons. The normalized spacial score (nSPS) is 17.4. The summed E-state index contributed by atoms with van der Waals surface area (Å²) in [6, 6.07) is 7.87. The van der Waals surface area contributed by atoms with E-state index in [1.807, 2.05) is 43.0 Å². The lowest BCUT2D eigenvalue weighted by Gasteiger charge is -2.28. The number of carbonyl (C=O) groups excluding carboxylic acids is 1. The van der Waals surface area contributed by atoms with Crippen LogP contribution in [0.4, 0.5) is 0 Å². The van der Waals surface area contributed by atoms with Gasteiger partial charge in [-0.3, -0.25) is 4.79 Å². The smallest absolute Gasteiger partial charge is 0.281 e. The summed E-state index contributed by atoms with van der Waals surface area (Å²) in [6.45, 7) is 5.18. The Morgan fingerprint density at radius 2 is 2.29 bits per heavy atom. The van der Waals surface area contributed by atoms with E-state index in [1.165, 1.54) is 11.3 Å². The highest BCUT2D eigenvalue weighted by Crippen LogP contribution is 2.27. The molecular formula is C17H21N3O2S2. The number of carbonyl (C=O) groups is 1. The average molecular weight is 364 g/mol. The van der Waals surface area contributed by atoms with Gasteiger partial charge in [0.25, 0.3) is 10.4 Å². The van der Waals surface area contributed by atoms with Crippen molar-refractivity contribution in [1.29, 1.82) is 0 Å². The first-order chi connectivity index (χ1) is 11.5. The van der Waals surface area contributed by atoms with Crippen molar-refractivity contribution in [1.82, 2.24) is 15.2 Å². The lowest BCUT2D eigenvalue weighted by atomic mass is 10.1. The molecule has 2 heterocycles. The molecule has 1 aliphatic heterocycles. The summed E-state index contributed by atoms with van der Waals surface area (Å²) >= 11 is 6.88. The number of nitrogens with zero attached hydrogens (tertiary/aromatic N) is 2. The SMILES string of the molecule is CC(C)N(CC(=O)[C@H]1CCCN1)C(=S)Oc1nc2ccccc2s1. The molecule has 0 bridgehead atoms. The molecule has 0 spiro atoms. The van der Waals surface area contributed by atoms with Gasteiger partial charge in [0.15, 0.2) is 5.78 Å². The lowest BCUT2D eigenvalue weighted by Crippen LogP contribution is -2.46. The van der Waals surface area contributed by atoms with Gasteiger partial charge in [0.05, 0.1) is 22.8 Å². The number of rotatable bonds is 5. The van der Waals surface area contributed by atoms with Crippen molar-refractivity contribution in [3.05, 3.63) is 24.3 Å². The van der Waals surface area contributed by atoms with Crippen LogP contribution >= 0.6 is 23.6 Å². The first-order valence-corrected chi connectivity index (χ1v) is 9.37. The highest BCUT2D eigenvalue weighted by Gasteiger charge is 2.27. The van der Waals surface area contributed by atoms with Gasteiger partial charge in [0, 0.05) is 6.04 Å². The maximum absolute atomic E-state index is 12.4. The van der Waals surface area contributed by atoms with E-state index in [0.29, 0.717) is 10.4 Å². The number of hydrogen-bond donors (Lipinski definition) is 1. The van der Waals surface area contributed by atoms with Crippen molar-refractivity contribution in [2.24, 2.45) is 0 Å². The second-order valence-corrected chi connectivity index (χ2v) is 7.49. The quantitative estimate of drug-likeness (QED) is 0.824. The van der Waals surface area contributed by atoms with Crippen LogP contribution in [0.25, 0.3) is 10.2 Å². The number of Topliss-reactive ketones (excluding diaryl/α,β-unsaturated/α-hetero) is 1. The maximum atomic E-state index is 12.4. The number of nitrogens with one attached hydrogen (secondary N) is 1. The van der Waals surface area contributed by atoms with Crippen LogP contribution in [0, 0.1) is 0 Å². The molecule has 1 N–H and O–H groups in total. The van der Waals surface area contributed by atoms with Crippen LogP contribution in [0.1, 0.15) is 26.7 Å². The number of thiazole rings is 1. The second kappa shape index (κ2) is 7.55. The minimum absolute atomic E-state index is 0.0588. The van der Waals surface area contributed by atoms with Crippen LogP contribution in [0.15, 0.2) is 24.3 Å². The molecule has 0 saturated carbocycles. The van der Waals surface area contributed by atoms with Gasteiger partial charge in [-0.1, -0.05) is 23.5 Å². The fourth-order valence-electron chi connectivity index (χ4n) is 2.72. The molecule has 7 heteroatoms. The van der Waals surface area contributed by atoms with Crippen LogP contribution in [-0.4, -0.2) is 46.0 Å². The first-order valence-electron chi connectivity index (χ1n) is 8.14. The largest absolute Gasteiger partial charge is 0.403 e. The molecule has 2 aromatic rings. The zero-order valence-electron chi connectivity index (χ0n) is 13.8. The van der Waals surface area contributed by atoms with Gasteiger partial charge in [-0.25, -0.2) is 4.98 Å².